The summed E-state index contributed by atoms with van der Waals surface area (Å²) in [6, 6.07) is -0.0856. The quantitative estimate of drug-likeness (QED) is 0.826. The van der Waals surface area contributed by atoms with Crippen LogP contribution in [0, 0.1) is 0 Å². The third-order valence-electron chi connectivity index (χ3n) is 3.93. The topological polar surface area (TPSA) is 81.2 Å². The zero-order chi connectivity index (χ0) is 15.5. The van der Waals surface area contributed by atoms with Gasteiger partial charge in [0.05, 0.1) is 12.2 Å². The summed E-state index contributed by atoms with van der Waals surface area (Å²) in [4.78, 5) is 2.05. The van der Waals surface area contributed by atoms with Crippen molar-refractivity contribution >= 4 is 21.6 Å². The molecule has 2 N–H and O–H groups in total. The van der Waals surface area contributed by atoms with E-state index in [0.717, 1.165) is 24.4 Å². The zero-order valence-corrected chi connectivity index (χ0v) is 14.2. The predicted molar refractivity (Wildman–Crippen MR) is 87.0 cm³/mol. The van der Waals surface area contributed by atoms with Crippen LogP contribution in [0.25, 0.3) is 0 Å². The van der Waals surface area contributed by atoms with E-state index in [1.807, 2.05) is 22.7 Å². The number of nitrogens with zero attached hydrogens (tertiary/aromatic N) is 3. The van der Waals surface area contributed by atoms with Crippen molar-refractivity contribution in [1.29, 1.82) is 0 Å². The maximum atomic E-state index is 12.4. The van der Waals surface area contributed by atoms with Crippen molar-refractivity contribution in [2.75, 3.05) is 30.3 Å². The van der Waals surface area contributed by atoms with Crippen LogP contribution < -0.4 is 5.73 Å². The molecule has 0 aliphatic carbocycles. The monoisotopic (exact) mass is 332 g/mol. The van der Waals surface area contributed by atoms with Gasteiger partial charge in [-0.1, -0.05) is 6.92 Å². The first-order valence-corrected chi connectivity index (χ1v) is 10.2. The molecule has 2 rings (SSSR count). The van der Waals surface area contributed by atoms with Gasteiger partial charge in [0.25, 0.3) is 0 Å². The lowest BCUT2D eigenvalue weighted by molar-refractivity contribution is 0.197. The average molecular weight is 332 g/mol. The molecule has 1 aliphatic rings. The zero-order valence-electron chi connectivity index (χ0n) is 12.6. The third-order valence-corrected chi connectivity index (χ3v) is 7.23. The molecule has 0 bridgehead atoms. The molecule has 0 radical (unpaired) electrons. The Morgan fingerprint density at radius 2 is 2.29 bits per heavy atom. The molecule has 8 heteroatoms. The Bertz CT molecular complexity index is 558. The van der Waals surface area contributed by atoms with Gasteiger partial charge in [0.2, 0.25) is 0 Å². The Labute approximate surface area is 131 Å². The SMILES string of the molecule is CCn1cc(C(CN)N2CCSCC2S(=O)(=O)CC)cn1. The molecule has 1 fully saturated rings. The Balaban J connectivity index is 2.29. The maximum Gasteiger partial charge on any atom is 0.166 e. The average Bonchev–Trinajstić information content (AvgIpc) is 2.97. The minimum absolute atomic E-state index is 0.0856. The standard InChI is InChI=1S/C13H24N4O2S2/c1-3-16-9-11(8-15-16)12(7-14)17-5-6-20-10-13(17)21(18,19)4-2/h8-9,12-13H,3-7,10,14H2,1-2H3. The smallest absolute Gasteiger partial charge is 0.166 e. The van der Waals surface area contributed by atoms with Gasteiger partial charge in [-0.2, -0.15) is 16.9 Å². The van der Waals surface area contributed by atoms with Gasteiger partial charge in [-0.15, -0.1) is 0 Å². The van der Waals surface area contributed by atoms with Crippen LogP contribution in [-0.2, 0) is 16.4 Å². The van der Waals surface area contributed by atoms with Crippen LogP contribution in [0.2, 0.25) is 0 Å². The number of hydrogen-bond donors (Lipinski definition) is 1. The van der Waals surface area contributed by atoms with E-state index in [9.17, 15) is 8.42 Å². The molecule has 0 aromatic carbocycles. The summed E-state index contributed by atoms with van der Waals surface area (Å²) < 4.78 is 26.6. The van der Waals surface area contributed by atoms with E-state index in [2.05, 4.69) is 5.10 Å². The molecule has 1 aliphatic heterocycles. The van der Waals surface area contributed by atoms with Gasteiger partial charge in [0.1, 0.15) is 5.37 Å². The fraction of sp³-hybridized carbons (Fsp3) is 0.769. The van der Waals surface area contributed by atoms with Gasteiger partial charge in [0.15, 0.2) is 9.84 Å². The maximum absolute atomic E-state index is 12.4. The highest BCUT2D eigenvalue weighted by molar-refractivity contribution is 8.01. The Hall–Kier alpha value is -0.570. The van der Waals surface area contributed by atoms with Crippen molar-refractivity contribution in [3.63, 3.8) is 0 Å². The lowest BCUT2D eigenvalue weighted by atomic mass is 10.1. The molecule has 1 aromatic rings. The molecular weight excluding hydrogens is 308 g/mol. The first-order valence-electron chi connectivity index (χ1n) is 7.31. The normalized spacial score (nSPS) is 22.3. The molecule has 6 nitrogen and oxygen atoms in total. The van der Waals surface area contributed by atoms with E-state index in [4.69, 9.17) is 5.73 Å². The summed E-state index contributed by atoms with van der Waals surface area (Å²) in [6.07, 6.45) is 3.77. The highest BCUT2D eigenvalue weighted by atomic mass is 32.2. The summed E-state index contributed by atoms with van der Waals surface area (Å²) in [5, 5.41) is 3.84. The lowest BCUT2D eigenvalue weighted by Crippen LogP contribution is -2.50. The number of rotatable bonds is 6. The molecule has 0 amide bonds. The van der Waals surface area contributed by atoms with Crippen molar-refractivity contribution in [2.24, 2.45) is 5.73 Å². The predicted octanol–water partition coefficient (Wildman–Crippen LogP) is 0.712. The Morgan fingerprint density at radius 1 is 1.52 bits per heavy atom. The molecule has 1 aromatic heterocycles. The molecule has 2 heterocycles. The van der Waals surface area contributed by atoms with Gasteiger partial charge in [0, 0.05) is 48.7 Å². The second-order valence-electron chi connectivity index (χ2n) is 5.10. The lowest BCUT2D eigenvalue weighted by Gasteiger charge is -2.39. The van der Waals surface area contributed by atoms with Crippen molar-refractivity contribution in [3.8, 4) is 0 Å². The first-order chi connectivity index (χ1) is 10.0. The van der Waals surface area contributed by atoms with Crippen LogP contribution in [0.3, 0.4) is 0 Å². The minimum atomic E-state index is -3.11. The van der Waals surface area contributed by atoms with Crippen molar-refractivity contribution < 1.29 is 8.42 Å². The van der Waals surface area contributed by atoms with Crippen LogP contribution >= 0.6 is 11.8 Å². The van der Waals surface area contributed by atoms with Crippen molar-refractivity contribution in [3.05, 3.63) is 18.0 Å². The van der Waals surface area contributed by atoms with Gasteiger partial charge in [-0.05, 0) is 6.92 Å². The summed E-state index contributed by atoms with van der Waals surface area (Å²) in [5.74, 6) is 1.73. The summed E-state index contributed by atoms with van der Waals surface area (Å²) in [6.45, 7) is 5.67. The second-order valence-corrected chi connectivity index (χ2v) is 8.70. The number of hydrogen-bond acceptors (Lipinski definition) is 6. The highest BCUT2D eigenvalue weighted by Crippen LogP contribution is 2.30. The van der Waals surface area contributed by atoms with Crippen LogP contribution in [0.1, 0.15) is 25.5 Å². The number of sulfone groups is 1. The van der Waals surface area contributed by atoms with E-state index in [1.165, 1.54) is 0 Å². The van der Waals surface area contributed by atoms with E-state index < -0.39 is 15.2 Å². The number of thioether (sulfide) groups is 1. The number of aromatic nitrogens is 2. The first kappa shape index (κ1) is 16.8. The van der Waals surface area contributed by atoms with Gasteiger partial charge < -0.3 is 5.73 Å². The van der Waals surface area contributed by atoms with Gasteiger partial charge in [-0.3, -0.25) is 9.58 Å². The van der Waals surface area contributed by atoms with Gasteiger partial charge >= 0.3 is 0 Å². The Kier molecular flexibility index (Phi) is 5.70. The molecule has 0 saturated carbocycles. The molecule has 2 atom stereocenters. The summed E-state index contributed by atoms with van der Waals surface area (Å²) in [5.41, 5.74) is 6.96. The van der Waals surface area contributed by atoms with Crippen LogP contribution in [0.5, 0.6) is 0 Å². The molecule has 120 valence electrons. The summed E-state index contributed by atoms with van der Waals surface area (Å²) >= 11 is 1.70. The molecule has 1 saturated heterocycles. The van der Waals surface area contributed by atoms with Crippen LogP contribution in [0.4, 0.5) is 0 Å². The fourth-order valence-corrected chi connectivity index (χ4v) is 5.71. The minimum Gasteiger partial charge on any atom is -0.329 e. The summed E-state index contributed by atoms with van der Waals surface area (Å²) in [7, 11) is -3.11. The third kappa shape index (κ3) is 3.61. The van der Waals surface area contributed by atoms with Crippen molar-refractivity contribution in [2.45, 2.75) is 31.8 Å². The largest absolute Gasteiger partial charge is 0.329 e. The van der Waals surface area contributed by atoms with Crippen molar-refractivity contribution in [1.82, 2.24) is 14.7 Å². The molecule has 0 spiro atoms. The van der Waals surface area contributed by atoms with Crippen LogP contribution in [0.15, 0.2) is 12.4 Å². The molecular formula is C13H24N4O2S2. The van der Waals surface area contributed by atoms with E-state index in [-0.39, 0.29) is 11.8 Å². The number of aryl methyl sites for hydroxylation is 1. The molecule has 21 heavy (non-hydrogen) atoms. The van der Waals surface area contributed by atoms with Gasteiger partial charge in [-0.25, -0.2) is 8.42 Å². The second kappa shape index (κ2) is 7.13. The van der Waals surface area contributed by atoms with E-state index in [0.29, 0.717) is 12.3 Å². The van der Waals surface area contributed by atoms with Crippen LogP contribution in [-0.4, -0.2) is 58.8 Å². The highest BCUT2D eigenvalue weighted by Gasteiger charge is 2.37. The van der Waals surface area contributed by atoms with E-state index in [1.54, 1.807) is 24.9 Å². The molecule has 2 unspecified atom stereocenters. The fourth-order valence-electron chi connectivity index (χ4n) is 2.64. The van der Waals surface area contributed by atoms with E-state index >= 15 is 0 Å². The Morgan fingerprint density at radius 3 is 2.86 bits per heavy atom. The number of nitrogens with two attached hydrogens (primary N) is 1.